The largest absolute Gasteiger partial charge is 0.387 e. The number of aliphatic hydroxyl groups is 1. The molecule has 0 unspecified atom stereocenters. The van der Waals surface area contributed by atoms with E-state index in [9.17, 15) is 5.11 Å². The number of aromatic nitrogens is 2. The minimum Gasteiger partial charge on any atom is -0.387 e. The van der Waals surface area contributed by atoms with E-state index < -0.39 is 5.60 Å². The number of nitrogens with zero attached hydrogens (tertiary/aromatic N) is 2. The molecule has 0 bridgehead atoms. The van der Waals surface area contributed by atoms with Gasteiger partial charge in [-0.05, 0) is 6.92 Å². The average molecular weight is 216 g/mol. The standard InChI is InChI=1S/C9H14ClN3O/c1-6-7(8(10)13(2)12-6)3-9(14)4-11-5-9/h11,14H,3-5H2,1-2H3. The van der Waals surface area contributed by atoms with Crippen LogP contribution in [-0.2, 0) is 13.5 Å². The Morgan fingerprint density at radius 2 is 2.29 bits per heavy atom. The van der Waals surface area contributed by atoms with E-state index in [0.29, 0.717) is 24.7 Å². The van der Waals surface area contributed by atoms with Crippen LogP contribution in [0.3, 0.4) is 0 Å². The lowest BCUT2D eigenvalue weighted by molar-refractivity contribution is -0.00913. The third-order valence-electron chi connectivity index (χ3n) is 2.68. The first kappa shape index (κ1) is 9.96. The molecule has 1 aromatic rings. The Kier molecular flexibility index (Phi) is 2.29. The van der Waals surface area contributed by atoms with E-state index >= 15 is 0 Å². The van der Waals surface area contributed by atoms with Gasteiger partial charge >= 0.3 is 0 Å². The van der Waals surface area contributed by atoms with Gasteiger partial charge in [0.2, 0.25) is 0 Å². The summed E-state index contributed by atoms with van der Waals surface area (Å²) in [6, 6.07) is 0. The van der Waals surface area contributed by atoms with Crippen molar-refractivity contribution in [3.05, 3.63) is 16.4 Å². The van der Waals surface area contributed by atoms with Gasteiger partial charge in [-0.1, -0.05) is 11.6 Å². The van der Waals surface area contributed by atoms with E-state index in [1.807, 2.05) is 14.0 Å². The Morgan fingerprint density at radius 1 is 1.64 bits per heavy atom. The van der Waals surface area contributed by atoms with Crippen LogP contribution in [0.5, 0.6) is 0 Å². The maximum atomic E-state index is 9.96. The summed E-state index contributed by atoms with van der Waals surface area (Å²) in [6.45, 7) is 3.19. The smallest absolute Gasteiger partial charge is 0.130 e. The highest BCUT2D eigenvalue weighted by molar-refractivity contribution is 6.30. The van der Waals surface area contributed by atoms with Crippen LogP contribution in [0.25, 0.3) is 0 Å². The molecule has 0 aliphatic carbocycles. The molecule has 0 spiro atoms. The van der Waals surface area contributed by atoms with Gasteiger partial charge in [0.05, 0.1) is 11.3 Å². The summed E-state index contributed by atoms with van der Waals surface area (Å²) in [4.78, 5) is 0. The molecule has 0 aromatic carbocycles. The molecule has 0 amide bonds. The molecule has 1 aliphatic rings. The SMILES string of the molecule is Cc1nn(C)c(Cl)c1CC1(O)CNC1. The molecule has 2 rings (SSSR count). The van der Waals surface area contributed by atoms with Crippen molar-refractivity contribution in [1.82, 2.24) is 15.1 Å². The topological polar surface area (TPSA) is 50.1 Å². The minimum absolute atomic E-state index is 0.582. The van der Waals surface area contributed by atoms with Gasteiger partial charge in [0, 0.05) is 32.1 Å². The predicted octanol–water partition coefficient (Wildman–Crippen LogP) is 0.259. The molecule has 2 N–H and O–H groups in total. The van der Waals surface area contributed by atoms with Crippen molar-refractivity contribution in [2.24, 2.45) is 7.05 Å². The quantitative estimate of drug-likeness (QED) is 0.744. The van der Waals surface area contributed by atoms with E-state index in [-0.39, 0.29) is 0 Å². The van der Waals surface area contributed by atoms with Gasteiger partial charge in [0.1, 0.15) is 5.15 Å². The molecular weight excluding hydrogens is 202 g/mol. The van der Waals surface area contributed by atoms with Gasteiger partial charge in [0.25, 0.3) is 0 Å². The highest BCUT2D eigenvalue weighted by Gasteiger charge is 2.36. The molecule has 1 aromatic heterocycles. The molecule has 1 aliphatic heterocycles. The first-order chi connectivity index (χ1) is 6.52. The zero-order valence-corrected chi connectivity index (χ0v) is 9.10. The summed E-state index contributed by atoms with van der Waals surface area (Å²) in [5.74, 6) is 0. The summed E-state index contributed by atoms with van der Waals surface area (Å²) < 4.78 is 1.64. The van der Waals surface area contributed by atoms with Gasteiger partial charge in [-0.25, -0.2) is 0 Å². The van der Waals surface area contributed by atoms with Crippen molar-refractivity contribution in [3.63, 3.8) is 0 Å². The Bertz CT molecular complexity index is 357. The summed E-state index contributed by atoms with van der Waals surface area (Å²) in [7, 11) is 1.81. The van der Waals surface area contributed by atoms with Crippen LogP contribution >= 0.6 is 11.6 Å². The number of hydrogen-bond donors (Lipinski definition) is 2. The van der Waals surface area contributed by atoms with Crippen molar-refractivity contribution in [2.75, 3.05) is 13.1 Å². The van der Waals surface area contributed by atoms with Crippen molar-refractivity contribution < 1.29 is 5.11 Å². The lowest BCUT2D eigenvalue weighted by Gasteiger charge is -2.37. The fourth-order valence-electron chi connectivity index (χ4n) is 1.74. The molecule has 1 fully saturated rings. The van der Waals surface area contributed by atoms with Gasteiger partial charge in [-0.2, -0.15) is 5.10 Å². The van der Waals surface area contributed by atoms with Crippen LogP contribution < -0.4 is 5.32 Å². The maximum absolute atomic E-state index is 9.96. The van der Waals surface area contributed by atoms with Gasteiger partial charge < -0.3 is 10.4 Å². The lowest BCUT2D eigenvalue weighted by Crippen LogP contribution is -2.60. The van der Waals surface area contributed by atoms with Crippen LogP contribution in [0.15, 0.2) is 0 Å². The predicted molar refractivity (Wildman–Crippen MR) is 54.5 cm³/mol. The van der Waals surface area contributed by atoms with Crippen molar-refractivity contribution in [1.29, 1.82) is 0 Å². The van der Waals surface area contributed by atoms with Crippen molar-refractivity contribution in [2.45, 2.75) is 18.9 Å². The zero-order chi connectivity index (χ0) is 10.3. The van der Waals surface area contributed by atoms with Crippen LogP contribution in [0, 0.1) is 6.92 Å². The minimum atomic E-state index is -0.628. The van der Waals surface area contributed by atoms with Crippen LogP contribution in [0.4, 0.5) is 0 Å². The number of hydrogen-bond acceptors (Lipinski definition) is 3. The van der Waals surface area contributed by atoms with E-state index in [4.69, 9.17) is 11.6 Å². The molecule has 0 atom stereocenters. The lowest BCUT2D eigenvalue weighted by atomic mass is 9.89. The number of rotatable bonds is 2. The number of halogens is 1. The first-order valence-electron chi connectivity index (χ1n) is 4.63. The zero-order valence-electron chi connectivity index (χ0n) is 8.34. The van der Waals surface area contributed by atoms with Crippen LogP contribution in [-0.4, -0.2) is 33.6 Å². The van der Waals surface area contributed by atoms with E-state index in [0.717, 1.165) is 11.3 Å². The molecule has 2 heterocycles. The monoisotopic (exact) mass is 215 g/mol. The second-order valence-electron chi connectivity index (χ2n) is 3.98. The molecule has 5 heteroatoms. The van der Waals surface area contributed by atoms with Gasteiger partial charge in [-0.3, -0.25) is 4.68 Å². The number of nitrogens with one attached hydrogen (secondary N) is 1. The van der Waals surface area contributed by atoms with Crippen LogP contribution in [0.1, 0.15) is 11.3 Å². The Labute approximate surface area is 87.9 Å². The highest BCUT2D eigenvalue weighted by Crippen LogP contribution is 2.25. The Balaban J connectivity index is 2.23. The Hall–Kier alpha value is -0.580. The van der Waals surface area contributed by atoms with E-state index in [2.05, 4.69) is 10.4 Å². The van der Waals surface area contributed by atoms with Crippen molar-refractivity contribution >= 4 is 11.6 Å². The molecule has 0 saturated carbocycles. The summed E-state index contributed by atoms with van der Waals surface area (Å²) in [6.07, 6.45) is 0.582. The third kappa shape index (κ3) is 1.54. The average Bonchev–Trinajstić information content (AvgIpc) is 2.29. The third-order valence-corrected chi connectivity index (χ3v) is 3.16. The highest BCUT2D eigenvalue weighted by atomic mass is 35.5. The first-order valence-corrected chi connectivity index (χ1v) is 5.01. The van der Waals surface area contributed by atoms with Crippen molar-refractivity contribution in [3.8, 4) is 0 Å². The summed E-state index contributed by atoms with van der Waals surface area (Å²) >= 11 is 6.07. The van der Waals surface area contributed by atoms with Gasteiger partial charge in [-0.15, -0.1) is 0 Å². The van der Waals surface area contributed by atoms with Gasteiger partial charge in [0.15, 0.2) is 0 Å². The second kappa shape index (κ2) is 3.22. The van der Waals surface area contributed by atoms with E-state index in [1.165, 1.54) is 0 Å². The summed E-state index contributed by atoms with van der Waals surface area (Å²) in [5.41, 5.74) is 1.23. The molecule has 1 saturated heterocycles. The Morgan fingerprint density at radius 3 is 2.64 bits per heavy atom. The van der Waals surface area contributed by atoms with E-state index in [1.54, 1.807) is 4.68 Å². The molecule has 78 valence electrons. The normalized spacial score (nSPS) is 19.4. The molecule has 4 nitrogen and oxygen atoms in total. The number of β-amino-alcohol motifs (C(OH)–C–C–N with tert-alkyl or cyclic N) is 1. The molecule has 14 heavy (non-hydrogen) atoms. The maximum Gasteiger partial charge on any atom is 0.130 e. The second-order valence-corrected chi connectivity index (χ2v) is 4.34. The molecule has 0 radical (unpaired) electrons. The fraction of sp³-hybridized carbons (Fsp3) is 0.667. The molecular formula is C9H14ClN3O. The number of aryl methyl sites for hydroxylation is 2. The fourth-order valence-corrected chi connectivity index (χ4v) is 1.98. The van der Waals surface area contributed by atoms with Crippen LogP contribution in [0.2, 0.25) is 5.15 Å². The summed E-state index contributed by atoms with van der Waals surface area (Å²) in [5, 5.41) is 17.8.